The predicted molar refractivity (Wildman–Crippen MR) is 186 cm³/mol. The van der Waals surface area contributed by atoms with Crippen molar-refractivity contribution in [3.63, 3.8) is 0 Å². The van der Waals surface area contributed by atoms with Gasteiger partial charge in [-0.3, -0.25) is 9.69 Å². The Morgan fingerprint density at radius 2 is 1.31 bits per heavy atom. The fraction of sp³-hybridized carbons (Fsp3) is 0.0833. The van der Waals surface area contributed by atoms with Crippen molar-refractivity contribution in [2.24, 2.45) is 0 Å². The molecular formula is C36H26F4N4O3S2. The van der Waals surface area contributed by atoms with Crippen molar-refractivity contribution in [2.45, 2.75) is 6.18 Å². The molecular weight excluding hydrogens is 677 g/mol. The molecule has 49 heavy (non-hydrogen) atoms. The van der Waals surface area contributed by atoms with Gasteiger partial charge in [-0.25, -0.2) is 14.4 Å². The molecule has 0 saturated carbocycles. The third-order valence-corrected chi connectivity index (χ3v) is 9.14. The first-order chi connectivity index (χ1) is 23.6. The highest BCUT2D eigenvalue weighted by atomic mass is 32.1. The van der Waals surface area contributed by atoms with E-state index in [0.717, 1.165) is 32.9 Å². The number of hydrogen-bond donors (Lipinski definition) is 1. The van der Waals surface area contributed by atoms with Gasteiger partial charge in [0.15, 0.2) is 10.3 Å². The van der Waals surface area contributed by atoms with E-state index in [1.807, 2.05) is 54.6 Å². The zero-order valence-electron chi connectivity index (χ0n) is 25.9. The second kappa shape index (κ2) is 14.3. The quantitative estimate of drug-likeness (QED) is 0.167. The average Bonchev–Trinajstić information content (AvgIpc) is 3.72. The number of halogens is 4. The summed E-state index contributed by atoms with van der Waals surface area (Å²) < 4.78 is 65.5. The highest BCUT2D eigenvalue weighted by Gasteiger charge is 2.33. The van der Waals surface area contributed by atoms with E-state index in [0.29, 0.717) is 29.1 Å². The Morgan fingerprint density at radius 1 is 0.735 bits per heavy atom. The minimum absolute atomic E-state index is 0.260. The lowest BCUT2D eigenvalue weighted by Crippen LogP contribution is -2.27. The van der Waals surface area contributed by atoms with Gasteiger partial charge in [0.25, 0.3) is 5.91 Å². The number of rotatable bonds is 7. The number of carbonyl (C=O) groups is 1. The molecule has 1 amide bonds. The average molecular weight is 703 g/mol. The molecule has 5 aromatic carbocycles. The van der Waals surface area contributed by atoms with Gasteiger partial charge in [0.05, 0.1) is 51.5 Å². The Kier molecular flexibility index (Phi) is 9.74. The van der Waals surface area contributed by atoms with Crippen LogP contribution in [0.1, 0.15) is 15.9 Å². The summed E-state index contributed by atoms with van der Waals surface area (Å²) in [6.07, 6.45) is -4.72. The molecule has 0 spiro atoms. The number of anilines is 4. The standard InChI is InChI=1S/C22H14F4N2O2S.C14H12N2OS/c1-30-15-9-7-14(8-10-15)28(21-27-18-4-2-3-5-19(18)31-21)20(29)16-11-6-13(12-17(16)23)22(24,25)26;1-17-11-8-6-10(7-9-11)15-14-16-12-4-2-3-5-13(12)18-14/h2-12H,1H3;2-9H,1H3,(H,15,16). The molecule has 7 rings (SSSR count). The number of methoxy groups -OCH3 is 2. The maximum atomic E-state index is 14.6. The highest BCUT2D eigenvalue weighted by Crippen LogP contribution is 2.37. The van der Waals surface area contributed by atoms with Crippen LogP contribution < -0.4 is 19.7 Å². The summed E-state index contributed by atoms with van der Waals surface area (Å²) in [5, 5.41) is 4.46. The van der Waals surface area contributed by atoms with Crippen molar-refractivity contribution >= 4 is 70.7 Å². The van der Waals surface area contributed by atoms with Crippen LogP contribution in [0.5, 0.6) is 11.5 Å². The molecule has 248 valence electrons. The van der Waals surface area contributed by atoms with Gasteiger partial charge in [-0.1, -0.05) is 46.9 Å². The normalized spacial score (nSPS) is 11.1. The fourth-order valence-corrected chi connectivity index (χ4v) is 6.58. The molecule has 1 N–H and O–H groups in total. The van der Waals surface area contributed by atoms with Gasteiger partial charge in [0.2, 0.25) is 0 Å². The van der Waals surface area contributed by atoms with Crippen molar-refractivity contribution in [1.29, 1.82) is 0 Å². The van der Waals surface area contributed by atoms with Crippen molar-refractivity contribution in [2.75, 3.05) is 24.4 Å². The number of para-hydroxylation sites is 2. The fourth-order valence-electron chi connectivity index (χ4n) is 4.71. The van der Waals surface area contributed by atoms with E-state index >= 15 is 0 Å². The van der Waals surface area contributed by atoms with Gasteiger partial charge in [0, 0.05) is 5.69 Å². The van der Waals surface area contributed by atoms with Crippen LogP contribution in [-0.4, -0.2) is 30.1 Å². The first-order valence-corrected chi connectivity index (χ1v) is 16.2. The molecule has 0 aliphatic heterocycles. The van der Waals surface area contributed by atoms with E-state index in [1.165, 1.54) is 28.0 Å². The van der Waals surface area contributed by atoms with E-state index in [2.05, 4.69) is 21.4 Å². The van der Waals surface area contributed by atoms with E-state index in [-0.39, 0.29) is 5.13 Å². The molecule has 0 unspecified atom stereocenters. The van der Waals surface area contributed by atoms with Gasteiger partial charge in [-0.15, -0.1) is 0 Å². The topological polar surface area (TPSA) is 76.6 Å². The molecule has 0 bridgehead atoms. The van der Waals surface area contributed by atoms with Crippen LogP contribution in [0, 0.1) is 5.82 Å². The number of hydrogen-bond acceptors (Lipinski definition) is 8. The number of fused-ring (bicyclic) bond motifs is 2. The third-order valence-electron chi connectivity index (χ3n) is 7.17. The van der Waals surface area contributed by atoms with Crippen LogP contribution in [0.15, 0.2) is 115 Å². The number of alkyl halides is 3. The van der Waals surface area contributed by atoms with Gasteiger partial charge in [-0.2, -0.15) is 13.2 Å². The van der Waals surface area contributed by atoms with Crippen LogP contribution in [0.2, 0.25) is 0 Å². The maximum absolute atomic E-state index is 14.6. The van der Waals surface area contributed by atoms with Crippen molar-refractivity contribution in [3.05, 3.63) is 132 Å². The largest absolute Gasteiger partial charge is 0.497 e. The summed E-state index contributed by atoms with van der Waals surface area (Å²) >= 11 is 2.86. The smallest absolute Gasteiger partial charge is 0.416 e. The molecule has 7 aromatic rings. The number of ether oxygens (including phenoxy) is 2. The highest BCUT2D eigenvalue weighted by molar-refractivity contribution is 7.22. The minimum Gasteiger partial charge on any atom is -0.497 e. The Hall–Kier alpha value is -5.53. The maximum Gasteiger partial charge on any atom is 0.416 e. The Morgan fingerprint density at radius 3 is 1.86 bits per heavy atom. The summed E-state index contributed by atoms with van der Waals surface area (Å²) in [4.78, 5) is 23.5. The lowest BCUT2D eigenvalue weighted by atomic mass is 10.1. The molecule has 0 aliphatic carbocycles. The molecule has 13 heteroatoms. The number of nitrogens with one attached hydrogen (secondary N) is 1. The summed E-state index contributed by atoms with van der Waals surface area (Å²) in [7, 11) is 3.15. The van der Waals surface area contributed by atoms with Crippen LogP contribution in [-0.2, 0) is 6.18 Å². The van der Waals surface area contributed by atoms with Crippen LogP contribution >= 0.6 is 22.7 Å². The van der Waals surface area contributed by atoms with E-state index in [1.54, 1.807) is 54.8 Å². The van der Waals surface area contributed by atoms with Crippen molar-refractivity contribution in [3.8, 4) is 11.5 Å². The number of amides is 1. The number of benzene rings is 5. The molecule has 0 aliphatic rings. The third kappa shape index (κ3) is 7.63. The molecule has 0 saturated heterocycles. The van der Waals surface area contributed by atoms with Crippen molar-refractivity contribution in [1.82, 2.24) is 9.97 Å². The lowest BCUT2D eigenvalue weighted by molar-refractivity contribution is -0.137. The number of nitrogens with zero attached hydrogens (tertiary/aromatic N) is 3. The molecule has 7 nitrogen and oxygen atoms in total. The summed E-state index contributed by atoms with van der Waals surface area (Å²) in [6.45, 7) is 0. The van der Waals surface area contributed by atoms with Crippen LogP contribution in [0.3, 0.4) is 0 Å². The second-order valence-corrected chi connectivity index (χ2v) is 12.4. The summed E-state index contributed by atoms with van der Waals surface area (Å²) in [6, 6.07) is 31.4. The summed E-state index contributed by atoms with van der Waals surface area (Å²) in [5.74, 6) is -0.707. The van der Waals surface area contributed by atoms with Crippen molar-refractivity contribution < 1.29 is 31.8 Å². The Bertz CT molecular complexity index is 2150. The first-order valence-electron chi connectivity index (χ1n) is 14.6. The van der Waals surface area contributed by atoms with Gasteiger partial charge >= 0.3 is 6.18 Å². The van der Waals surface area contributed by atoms with Gasteiger partial charge in [0.1, 0.15) is 17.3 Å². The SMILES string of the molecule is COc1ccc(N(C(=O)c2ccc(C(F)(F)F)cc2F)c2nc3ccccc3s2)cc1.COc1ccc(Nc2nc3ccccc3s2)cc1. The Balaban J connectivity index is 0.000000195. The second-order valence-electron chi connectivity index (χ2n) is 10.3. The number of aromatic nitrogens is 2. The number of thiazole rings is 2. The van der Waals surface area contributed by atoms with E-state index < -0.39 is 29.0 Å². The van der Waals surface area contributed by atoms with Crippen LogP contribution in [0.4, 0.5) is 39.2 Å². The lowest BCUT2D eigenvalue weighted by Gasteiger charge is -2.21. The predicted octanol–water partition coefficient (Wildman–Crippen LogP) is 10.5. The first kappa shape index (κ1) is 33.4. The summed E-state index contributed by atoms with van der Waals surface area (Å²) in [5.41, 5.74) is 1.37. The molecule has 2 aromatic heterocycles. The Labute approximate surface area is 286 Å². The monoisotopic (exact) mass is 702 g/mol. The molecule has 0 fully saturated rings. The van der Waals surface area contributed by atoms with E-state index in [9.17, 15) is 22.4 Å². The molecule has 0 radical (unpaired) electrons. The number of carbonyl (C=O) groups excluding carboxylic acids is 1. The van der Waals surface area contributed by atoms with Crippen LogP contribution in [0.25, 0.3) is 20.4 Å². The van der Waals surface area contributed by atoms with Gasteiger partial charge < -0.3 is 14.8 Å². The zero-order chi connectivity index (χ0) is 34.5. The molecule has 0 atom stereocenters. The van der Waals surface area contributed by atoms with Gasteiger partial charge in [-0.05, 0) is 91.0 Å². The van der Waals surface area contributed by atoms with E-state index in [4.69, 9.17) is 9.47 Å². The minimum atomic E-state index is -4.72. The zero-order valence-corrected chi connectivity index (χ0v) is 27.5. The molecule has 2 heterocycles.